The first-order valence-electron chi connectivity index (χ1n) is 4.93. The number of pyridine rings is 1. The van der Waals surface area contributed by atoms with Gasteiger partial charge in [0.25, 0.3) is 0 Å². The van der Waals surface area contributed by atoms with E-state index in [2.05, 4.69) is 59.6 Å². The molecule has 0 amide bonds. The number of nitrogens with one attached hydrogen (secondary N) is 1. The van der Waals surface area contributed by atoms with Gasteiger partial charge in [-0.05, 0) is 17.0 Å². The number of aromatic nitrogens is 1. The second-order valence-electron chi connectivity index (χ2n) is 4.55. The van der Waals surface area contributed by atoms with Gasteiger partial charge in [0.2, 0.25) is 0 Å². The standard InChI is InChI=1S/C12H17BrN2/c1-9(13)7-14-11-6-5-10(8-15-11)12(2,3)4/h5-6,8H,1,7H2,2-4H3,(H,14,15). The van der Waals surface area contributed by atoms with Crippen molar-refractivity contribution >= 4 is 21.7 Å². The van der Waals surface area contributed by atoms with E-state index in [-0.39, 0.29) is 5.41 Å². The van der Waals surface area contributed by atoms with E-state index in [1.54, 1.807) is 0 Å². The van der Waals surface area contributed by atoms with Crippen LogP contribution in [0.3, 0.4) is 0 Å². The lowest BCUT2D eigenvalue weighted by Gasteiger charge is -2.18. The molecule has 0 aliphatic rings. The zero-order chi connectivity index (χ0) is 11.5. The maximum atomic E-state index is 4.34. The monoisotopic (exact) mass is 268 g/mol. The lowest BCUT2D eigenvalue weighted by molar-refractivity contribution is 0.587. The summed E-state index contributed by atoms with van der Waals surface area (Å²) in [6, 6.07) is 4.10. The van der Waals surface area contributed by atoms with Crippen molar-refractivity contribution < 1.29 is 0 Å². The highest BCUT2D eigenvalue weighted by atomic mass is 79.9. The van der Waals surface area contributed by atoms with E-state index in [9.17, 15) is 0 Å². The van der Waals surface area contributed by atoms with Crippen LogP contribution in [0.5, 0.6) is 0 Å². The Morgan fingerprint density at radius 2 is 2.13 bits per heavy atom. The van der Waals surface area contributed by atoms with E-state index in [0.717, 1.165) is 10.3 Å². The van der Waals surface area contributed by atoms with Crippen LogP contribution in [0.25, 0.3) is 0 Å². The Labute approximate surface area is 99.9 Å². The lowest BCUT2D eigenvalue weighted by atomic mass is 9.88. The van der Waals surface area contributed by atoms with E-state index >= 15 is 0 Å². The van der Waals surface area contributed by atoms with E-state index < -0.39 is 0 Å². The predicted octanol–water partition coefficient (Wildman–Crippen LogP) is 3.70. The lowest BCUT2D eigenvalue weighted by Crippen LogP contribution is -2.12. The van der Waals surface area contributed by atoms with Crippen molar-refractivity contribution in [1.29, 1.82) is 0 Å². The third kappa shape index (κ3) is 4.04. The van der Waals surface area contributed by atoms with Gasteiger partial charge in [-0.25, -0.2) is 4.98 Å². The van der Waals surface area contributed by atoms with Crippen LogP contribution >= 0.6 is 15.9 Å². The van der Waals surface area contributed by atoms with Crippen molar-refractivity contribution in [1.82, 2.24) is 4.98 Å². The number of anilines is 1. The molecule has 0 spiro atoms. The summed E-state index contributed by atoms with van der Waals surface area (Å²) in [7, 11) is 0. The molecule has 0 fully saturated rings. The maximum absolute atomic E-state index is 4.34. The summed E-state index contributed by atoms with van der Waals surface area (Å²) in [5.41, 5.74) is 1.40. The van der Waals surface area contributed by atoms with Gasteiger partial charge in [-0.15, -0.1) is 0 Å². The molecule has 0 saturated heterocycles. The first kappa shape index (κ1) is 12.2. The first-order chi connectivity index (χ1) is 6.89. The van der Waals surface area contributed by atoms with Crippen molar-refractivity contribution in [3.63, 3.8) is 0 Å². The van der Waals surface area contributed by atoms with E-state index in [0.29, 0.717) is 6.54 Å². The third-order valence-electron chi connectivity index (χ3n) is 2.09. The Kier molecular flexibility index (Phi) is 3.91. The van der Waals surface area contributed by atoms with Crippen LogP contribution in [0.1, 0.15) is 26.3 Å². The number of hydrogen-bond donors (Lipinski definition) is 1. The van der Waals surface area contributed by atoms with Crippen LogP contribution in [-0.4, -0.2) is 11.5 Å². The molecule has 1 aromatic rings. The third-order valence-corrected chi connectivity index (χ3v) is 2.37. The van der Waals surface area contributed by atoms with E-state index in [1.165, 1.54) is 5.56 Å². The van der Waals surface area contributed by atoms with Crippen LogP contribution in [0.2, 0.25) is 0 Å². The van der Waals surface area contributed by atoms with Gasteiger partial charge in [-0.2, -0.15) is 0 Å². The van der Waals surface area contributed by atoms with Crippen LogP contribution in [-0.2, 0) is 5.41 Å². The van der Waals surface area contributed by atoms with Gasteiger partial charge in [0.15, 0.2) is 0 Å². The minimum atomic E-state index is 0.157. The SMILES string of the molecule is C=C(Br)CNc1ccc(C(C)(C)C)cn1. The maximum Gasteiger partial charge on any atom is 0.126 e. The topological polar surface area (TPSA) is 24.9 Å². The van der Waals surface area contributed by atoms with Gasteiger partial charge in [0.05, 0.1) is 0 Å². The summed E-state index contributed by atoms with van der Waals surface area (Å²) < 4.78 is 0.921. The predicted molar refractivity (Wildman–Crippen MR) is 69.5 cm³/mol. The Bertz CT molecular complexity index is 336. The smallest absolute Gasteiger partial charge is 0.126 e. The van der Waals surface area contributed by atoms with Crippen LogP contribution in [0.4, 0.5) is 5.82 Å². The fraction of sp³-hybridized carbons (Fsp3) is 0.417. The molecule has 0 aromatic carbocycles. The second-order valence-corrected chi connectivity index (χ2v) is 5.67. The number of halogens is 1. The van der Waals surface area contributed by atoms with Crippen molar-refractivity contribution in [3.8, 4) is 0 Å². The molecule has 0 atom stereocenters. The van der Waals surface area contributed by atoms with E-state index in [1.807, 2.05) is 12.3 Å². The quantitative estimate of drug-likeness (QED) is 0.905. The molecule has 1 heterocycles. The minimum absolute atomic E-state index is 0.157. The first-order valence-corrected chi connectivity index (χ1v) is 5.72. The highest BCUT2D eigenvalue weighted by Gasteiger charge is 2.13. The minimum Gasteiger partial charge on any atom is -0.365 e. The molecule has 1 N–H and O–H groups in total. The Hall–Kier alpha value is -0.830. The normalized spacial score (nSPS) is 11.2. The fourth-order valence-corrected chi connectivity index (χ4v) is 1.27. The molecule has 0 unspecified atom stereocenters. The number of hydrogen-bond acceptors (Lipinski definition) is 2. The molecule has 1 rings (SSSR count). The zero-order valence-electron chi connectivity index (χ0n) is 9.47. The Morgan fingerprint density at radius 1 is 1.47 bits per heavy atom. The molecular formula is C12H17BrN2. The van der Waals surface area contributed by atoms with Gasteiger partial charge in [-0.3, -0.25) is 0 Å². The summed E-state index contributed by atoms with van der Waals surface area (Å²) in [4.78, 5) is 4.34. The van der Waals surface area contributed by atoms with Crippen LogP contribution in [0, 0.1) is 0 Å². The van der Waals surface area contributed by atoms with Gasteiger partial charge in [-0.1, -0.05) is 49.3 Å². The molecule has 1 aromatic heterocycles. The van der Waals surface area contributed by atoms with Gasteiger partial charge < -0.3 is 5.32 Å². The average Bonchev–Trinajstić information content (AvgIpc) is 2.14. The fourth-order valence-electron chi connectivity index (χ4n) is 1.13. The molecule has 0 aliphatic heterocycles. The largest absolute Gasteiger partial charge is 0.365 e. The average molecular weight is 269 g/mol. The highest BCUT2D eigenvalue weighted by Crippen LogP contribution is 2.21. The highest BCUT2D eigenvalue weighted by molar-refractivity contribution is 9.11. The molecule has 82 valence electrons. The molecule has 0 radical (unpaired) electrons. The molecule has 0 aliphatic carbocycles. The van der Waals surface area contributed by atoms with Crippen molar-refractivity contribution in [2.45, 2.75) is 26.2 Å². The van der Waals surface area contributed by atoms with Crippen molar-refractivity contribution in [2.24, 2.45) is 0 Å². The zero-order valence-corrected chi connectivity index (χ0v) is 11.1. The summed E-state index contributed by atoms with van der Waals surface area (Å²) >= 11 is 3.29. The molecule has 2 nitrogen and oxygen atoms in total. The Balaban J connectivity index is 2.69. The van der Waals surface area contributed by atoms with Crippen LogP contribution in [0.15, 0.2) is 29.4 Å². The number of nitrogens with zero attached hydrogens (tertiary/aromatic N) is 1. The summed E-state index contributed by atoms with van der Waals surface area (Å²) in [6.45, 7) is 11.0. The molecule has 3 heteroatoms. The van der Waals surface area contributed by atoms with Gasteiger partial charge in [0, 0.05) is 17.2 Å². The molecule has 0 saturated carbocycles. The van der Waals surface area contributed by atoms with Crippen molar-refractivity contribution in [2.75, 3.05) is 11.9 Å². The van der Waals surface area contributed by atoms with Gasteiger partial charge >= 0.3 is 0 Å². The number of rotatable bonds is 3. The Morgan fingerprint density at radius 3 is 2.53 bits per heavy atom. The molecule has 15 heavy (non-hydrogen) atoms. The van der Waals surface area contributed by atoms with Crippen molar-refractivity contribution in [3.05, 3.63) is 35.0 Å². The molecule has 0 bridgehead atoms. The summed E-state index contributed by atoms with van der Waals surface area (Å²) in [6.07, 6.45) is 1.92. The molecular weight excluding hydrogens is 252 g/mol. The van der Waals surface area contributed by atoms with E-state index in [4.69, 9.17) is 0 Å². The summed E-state index contributed by atoms with van der Waals surface area (Å²) in [5, 5.41) is 3.17. The summed E-state index contributed by atoms with van der Waals surface area (Å²) in [5.74, 6) is 0.878. The van der Waals surface area contributed by atoms with Gasteiger partial charge in [0.1, 0.15) is 5.82 Å². The second kappa shape index (κ2) is 4.79. The van der Waals surface area contributed by atoms with Crippen LogP contribution < -0.4 is 5.32 Å².